The van der Waals surface area contributed by atoms with Crippen LogP contribution < -0.4 is 10.2 Å². The summed E-state index contributed by atoms with van der Waals surface area (Å²) in [7, 11) is 0. The summed E-state index contributed by atoms with van der Waals surface area (Å²) in [5.74, 6) is 0.829. The van der Waals surface area contributed by atoms with Crippen molar-refractivity contribution < 1.29 is 19.1 Å². The minimum Gasteiger partial charge on any atom is -0.444 e. The Kier molecular flexibility index (Phi) is 18.6. The van der Waals surface area contributed by atoms with Gasteiger partial charge < -0.3 is 29.5 Å². The molecule has 2 amide bonds. The highest BCUT2D eigenvalue weighted by Crippen LogP contribution is 2.20. The van der Waals surface area contributed by atoms with Crippen molar-refractivity contribution in [3.63, 3.8) is 0 Å². The van der Waals surface area contributed by atoms with Gasteiger partial charge in [-0.15, -0.1) is 0 Å². The lowest BCUT2D eigenvalue weighted by atomic mass is 10.2. The van der Waals surface area contributed by atoms with Crippen molar-refractivity contribution in [3.05, 3.63) is 52.9 Å². The van der Waals surface area contributed by atoms with E-state index in [1.54, 1.807) is 34.2 Å². The number of hydrogen-bond acceptors (Lipinski definition) is 10. The molecule has 2 aliphatic rings. The van der Waals surface area contributed by atoms with Gasteiger partial charge in [-0.05, 0) is 79.7 Å². The smallest absolute Gasteiger partial charge is 0.410 e. The second-order valence-corrected chi connectivity index (χ2v) is 13.1. The second-order valence-electron chi connectivity index (χ2n) is 12.7. The molecule has 4 rings (SSSR count). The fourth-order valence-electron chi connectivity index (χ4n) is 4.28. The lowest BCUT2D eigenvalue weighted by Crippen LogP contribution is -2.54. The average Bonchev–Trinajstić information content (AvgIpc) is 2.96. The van der Waals surface area contributed by atoms with E-state index < -0.39 is 11.2 Å². The number of nitrogens with one attached hydrogen (secondary N) is 1. The van der Waals surface area contributed by atoms with Crippen molar-refractivity contribution in [3.8, 4) is 12.1 Å². The number of rotatable bonds is 1. The van der Waals surface area contributed by atoms with E-state index in [9.17, 15) is 9.59 Å². The molecule has 0 aromatic carbocycles. The first kappa shape index (κ1) is 43.6. The van der Waals surface area contributed by atoms with Gasteiger partial charge in [0.1, 0.15) is 34.3 Å². The van der Waals surface area contributed by atoms with E-state index in [1.807, 2.05) is 53.7 Å². The third kappa shape index (κ3) is 16.3. The first-order chi connectivity index (χ1) is 21.0. The zero-order chi connectivity index (χ0) is 33.8. The molecule has 4 heterocycles. The van der Waals surface area contributed by atoms with Gasteiger partial charge in [-0.25, -0.2) is 19.6 Å². The van der Waals surface area contributed by atoms with E-state index in [1.165, 1.54) is 6.20 Å². The SMILES string of the molecule is C[C@H]1CN(C(=O)OC(C)(C)C)CCN1.C[C@H]1CN(C(=O)OC(C)(C)C)CCN1c1ccc(C#N)cn1.N#Cc1ccc(Cl)nc1.S.S. The maximum atomic E-state index is 12.1. The third-order valence-electron chi connectivity index (χ3n) is 6.33. The highest BCUT2D eigenvalue weighted by Gasteiger charge is 2.30. The quantitative estimate of drug-likeness (QED) is 0.380. The van der Waals surface area contributed by atoms with Crippen LogP contribution in [0.1, 0.15) is 66.5 Å². The number of anilines is 1. The van der Waals surface area contributed by atoms with E-state index in [0.29, 0.717) is 42.0 Å². The molecular formula is C32H49ClN8O4S2. The number of pyridine rings is 2. The first-order valence-electron chi connectivity index (χ1n) is 14.8. The topological polar surface area (TPSA) is 148 Å². The number of nitrogens with zero attached hydrogens (tertiary/aromatic N) is 7. The summed E-state index contributed by atoms with van der Waals surface area (Å²) < 4.78 is 10.7. The number of hydrogen-bond donors (Lipinski definition) is 1. The Bertz CT molecular complexity index is 1340. The van der Waals surface area contributed by atoms with Crippen LogP contribution in [-0.2, 0) is 9.47 Å². The maximum absolute atomic E-state index is 12.1. The number of amides is 2. The molecule has 0 bridgehead atoms. The van der Waals surface area contributed by atoms with Crippen molar-refractivity contribution >= 4 is 56.6 Å². The zero-order valence-corrected chi connectivity index (χ0v) is 31.3. The summed E-state index contributed by atoms with van der Waals surface area (Å²) in [6.07, 6.45) is 2.53. The maximum Gasteiger partial charge on any atom is 0.410 e. The molecule has 2 fully saturated rings. The number of halogens is 1. The standard InChI is InChI=1S/C16H22N4O2.C10H20N2O2.C6H3ClN2.2H2S/c1-12-11-19(15(21)22-16(2,3)4)7-8-20(12)14-6-5-13(9-17)10-18-14;1-8-7-12(6-5-11-8)9(13)14-10(2,3)4;7-6-2-1-5(3-8)4-9-6;;/h5-6,10,12H,7-8,11H2,1-4H3;8,11H,5-7H2,1-4H3;1-2,4H;2*1H2/t12-;8-;;;/m00.../s1. The van der Waals surface area contributed by atoms with Crippen molar-refractivity contribution in [2.45, 2.75) is 78.7 Å². The van der Waals surface area contributed by atoms with Crippen LogP contribution in [0.3, 0.4) is 0 Å². The van der Waals surface area contributed by atoms with E-state index in [-0.39, 0.29) is 45.2 Å². The zero-order valence-electron chi connectivity index (χ0n) is 28.5. The highest BCUT2D eigenvalue weighted by molar-refractivity contribution is 7.59. The highest BCUT2D eigenvalue weighted by atomic mass is 35.5. The largest absolute Gasteiger partial charge is 0.444 e. The molecule has 2 aromatic heterocycles. The minimum atomic E-state index is -0.480. The van der Waals surface area contributed by atoms with Gasteiger partial charge in [0.2, 0.25) is 0 Å². The number of nitriles is 2. The van der Waals surface area contributed by atoms with E-state index in [0.717, 1.165) is 25.5 Å². The molecule has 0 radical (unpaired) electrons. The molecule has 2 saturated heterocycles. The lowest BCUT2D eigenvalue weighted by Gasteiger charge is -2.40. The second kappa shape index (κ2) is 20.1. The summed E-state index contributed by atoms with van der Waals surface area (Å²) in [5, 5.41) is 20.8. The third-order valence-corrected chi connectivity index (χ3v) is 6.55. The van der Waals surface area contributed by atoms with Gasteiger partial charge in [0.15, 0.2) is 0 Å². The molecule has 0 unspecified atom stereocenters. The van der Waals surface area contributed by atoms with E-state index in [2.05, 4.69) is 40.1 Å². The molecule has 0 aliphatic carbocycles. The molecular weight excluding hydrogens is 660 g/mol. The molecule has 0 saturated carbocycles. The van der Waals surface area contributed by atoms with E-state index in [4.69, 9.17) is 31.6 Å². The van der Waals surface area contributed by atoms with Crippen molar-refractivity contribution in [1.82, 2.24) is 25.1 Å². The summed E-state index contributed by atoms with van der Waals surface area (Å²) in [5.41, 5.74) is 0.195. The van der Waals surface area contributed by atoms with Crippen LogP contribution in [-0.4, -0.2) is 94.5 Å². The Balaban J connectivity index is 0.000000727. The first-order valence-corrected chi connectivity index (χ1v) is 15.2. The molecule has 47 heavy (non-hydrogen) atoms. The van der Waals surface area contributed by atoms with Crippen molar-refractivity contribution in [1.29, 1.82) is 10.5 Å². The van der Waals surface area contributed by atoms with Crippen LogP contribution in [0.25, 0.3) is 0 Å². The predicted molar refractivity (Wildman–Crippen MR) is 194 cm³/mol. The predicted octanol–water partition coefficient (Wildman–Crippen LogP) is 5.45. The molecule has 2 atom stereocenters. The number of aromatic nitrogens is 2. The van der Waals surface area contributed by atoms with Gasteiger partial charge in [-0.1, -0.05) is 11.6 Å². The monoisotopic (exact) mass is 708 g/mol. The summed E-state index contributed by atoms with van der Waals surface area (Å²) in [4.78, 5) is 37.4. The molecule has 15 heteroatoms. The van der Waals surface area contributed by atoms with Crippen molar-refractivity contribution in [2.75, 3.05) is 44.2 Å². The van der Waals surface area contributed by atoms with Gasteiger partial charge in [-0.3, -0.25) is 0 Å². The van der Waals surface area contributed by atoms with Crippen molar-refractivity contribution in [2.24, 2.45) is 0 Å². The molecule has 260 valence electrons. The molecule has 1 N–H and O–H groups in total. The van der Waals surface area contributed by atoms with E-state index >= 15 is 0 Å². The van der Waals surface area contributed by atoms with Crippen LogP contribution in [0.5, 0.6) is 0 Å². The van der Waals surface area contributed by atoms with Crippen LogP contribution in [0.4, 0.5) is 15.4 Å². The van der Waals surface area contributed by atoms with Crippen LogP contribution >= 0.6 is 38.6 Å². The van der Waals surface area contributed by atoms with Crippen LogP contribution in [0.15, 0.2) is 36.7 Å². The van der Waals surface area contributed by atoms with Gasteiger partial charge in [0.25, 0.3) is 0 Å². The fourth-order valence-corrected chi connectivity index (χ4v) is 4.39. The fraction of sp³-hybridized carbons (Fsp3) is 0.562. The Morgan fingerprint density at radius 2 is 1.34 bits per heavy atom. The van der Waals surface area contributed by atoms with Crippen LogP contribution in [0.2, 0.25) is 5.15 Å². The minimum absolute atomic E-state index is 0. The van der Waals surface area contributed by atoms with Gasteiger partial charge in [0.05, 0.1) is 11.1 Å². The summed E-state index contributed by atoms with van der Waals surface area (Å²) in [6, 6.07) is 11.3. The summed E-state index contributed by atoms with van der Waals surface area (Å²) >= 11 is 5.45. The van der Waals surface area contributed by atoms with Gasteiger partial charge in [-0.2, -0.15) is 37.5 Å². The Hall–Kier alpha value is -3.43. The Morgan fingerprint density at radius 3 is 1.74 bits per heavy atom. The van der Waals surface area contributed by atoms with Gasteiger partial charge >= 0.3 is 12.2 Å². The van der Waals surface area contributed by atoms with Gasteiger partial charge in [0, 0.05) is 63.7 Å². The Morgan fingerprint density at radius 1 is 0.830 bits per heavy atom. The number of carbonyl (C=O) groups is 2. The Labute approximate surface area is 298 Å². The molecule has 0 spiro atoms. The van der Waals surface area contributed by atoms with Crippen LogP contribution in [0, 0.1) is 22.7 Å². The molecule has 2 aliphatic heterocycles. The molecule has 12 nitrogen and oxygen atoms in total. The normalized spacial score (nSPS) is 17.4. The number of carbonyl (C=O) groups excluding carboxylic acids is 2. The summed E-state index contributed by atoms with van der Waals surface area (Å²) in [6.45, 7) is 19.6. The lowest BCUT2D eigenvalue weighted by molar-refractivity contribution is 0.0197. The number of ether oxygens (including phenoxy) is 2. The average molecular weight is 709 g/mol. The molecule has 2 aromatic rings. The number of piperazine rings is 2.